The summed E-state index contributed by atoms with van der Waals surface area (Å²) in [6.07, 6.45) is 2.70. The minimum atomic E-state index is -0.325. The Morgan fingerprint density at radius 1 is 1.55 bits per heavy atom. The number of carbonyl (C=O) groups excluding carboxylic acids is 1. The van der Waals surface area contributed by atoms with E-state index in [4.69, 9.17) is 5.73 Å². The Kier molecular flexibility index (Phi) is 3.55. The molecule has 1 saturated heterocycles. The third-order valence-corrected chi connectivity index (χ3v) is 4.96. The van der Waals surface area contributed by atoms with Gasteiger partial charge in [-0.3, -0.25) is 4.79 Å². The predicted octanol–water partition coefficient (Wildman–Crippen LogP) is 0.825. The number of amides is 1. The molecule has 2 fully saturated rings. The average Bonchev–Trinajstić information content (AvgIpc) is 2.92. The topological polar surface area (TPSA) is 91.5 Å². The molecule has 0 radical (unpaired) electrons. The van der Waals surface area contributed by atoms with Crippen LogP contribution >= 0.6 is 11.5 Å². The molecular weight excluding hydrogens is 276 g/mol. The van der Waals surface area contributed by atoms with E-state index in [2.05, 4.69) is 14.6 Å². The highest BCUT2D eigenvalue weighted by Crippen LogP contribution is 2.35. The summed E-state index contributed by atoms with van der Waals surface area (Å²) in [7, 11) is 0. The molecule has 1 aliphatic carbocycles. The van der Waals surface area contributed by atoms with E-state index in [-0.39, 0.29) is 17.9 Å². The summed E-state index contributed by atoms with van der Waals surface area (Å²) in [6.45, 7) is 3.40. The second-order valence-electron chi connectivity index (χ2n) is 5.73. The lowest BCUT2D eigenvalue weighted by atomic mass is 10.0. The largest absolute Gasteiger partial charge is 0.393 e. The zero-order valence-corrected chi connectivity index (χ0v) is 12.3. The molecule has 3 rings (SSSR count). The van der Waals surface area contributed by atoms with E-state index in [1.807, 2.05) is 6.92 Å². The van der Waals surface area contributed by atoms with Crippen molar-refractivity contribution in [2.45, 2.75) is 38.3 Å². The van der Waals surface area contributed by atoms with Crippen molar-refractivity contribution in [3.05, 3.63) is 5.56 Å². The Bertz CT molecular complexity index is 512. The van der Waals surface area contributed by atoms with Crippen molar-refractivity contribution in [2.75, 3.05) is 23.7 Å². The fourth-order valence-corrected chi connectivity index (χ4v) is 3.42. The summed E-state index contributed by atoms with van der Waals surface area (Å²) in [5.41, 5.74) is 6.37. The van der Waals surface area contributed by atoms with E-state index in [9.17, 15) is 9.90 Å². The van der Waals surface area contributed by atoms with Crippen molar-refractivity contribution in [2.24, 2.45) is 5.92 Å². The normalized spacial score (nSPS) is 23.9. The standard InChI is InChI=1S/C13H20N4O2S/c1-7(18)8-4-5-17(6-8)13-10(11(14)16-20-13)12(19)15-9-2-3-9/h7-9,18H,2-6H2,1H3,(H2,14,16)(H,15,19). The Hall–Kier alpha value is -1.34. The van der Waals surface area contributed by atoms with E-state index in [1.54, 1.807) is 0 Å². The first-order valence-electron chi connectivity index (χ1n) is 7.05. The van der Waals surface area contributed by atoms with E-state index in [0.29, 0.717) is 17.4 Å². The number of nitrogens with two attached hydrogens (primary N) is 1. The number of anilines is 2. The van der Waals surface area contributed by atoms with Crippen molar-refractivity contribution in [1.82, 2.24) is 9.69 Å². The number of nitrogens with zero attached hydrogens (tertiary/aromatic N) is 2. The molecule has 6 nitrogen and oxygen atoms in total. The molecule has 2 heterocycles. The lowest BCUT2D eigenvalue weighted by Crippen LogP contribution is -2.29. The van der Waals surface area contributed by atoms with Crippen LogP contribution in [0.3, 0.4) is 0 Å². The predicted molar refractivity (Wildman–Crippen MR) is 79.0 cm³/mol. The molecule has 1 saturated carbocycles. The first-order valence-corrected chi connectivity index (χ1v) is 7.82. The van der Waals surface area contributed by atoms with Crippen LogP contribution in [0, 0.1) is 5.92 Å². The van der Waals surface area contributed by atoms with Gasteiger partial charge < -0.3 is 21.1 Å². The number of rotatable bonds is 4. The number of aliphatic hydroxyl groups excluding tert-OH is 1. The van der Waals surface area contributed by atoms with Crippen LogP contribution in [0.5, 0.6) is 0 Å². The summed E-state index contributed by atoms with van der Waals surface area (Å²) in [4.78, 5) is 14.4. The smallest absolute Gasteiger partial charge is 0.258 e. The molecule has 1 aromatic heterocycles. The molecule has 4 N–H and O–H groups in total. The monoisotopic (exact) mass is 296 g/mol. The Balaban J connectivity index is 1.78. The third-order valence-electron chi connectivity index (χ3n) is 4.03. The van der Waals surface area contributed by atoms with E-state index >= 15 is 0 Å². The number of aromatic nitrogens is 1. The van der Waals surface area contributed by atoms with Gasteiger partial charge in [-0.2, -0.15) is 4.37 Å². The van der Waals surface area contributed by atoms with E-state index in [1.165, 1.54) is 11.5 Å². The van der Waals surface area contributed by atoms with Crippen LogP contribution in [0.4, 0.5) is 10.8 Å². The minimum absolute atomic E-state index is 0.116. The van der Waals surface area contributed by atoms with Gasteiger partial charge in [0.25, 0.3) is 5.91 Å². The van der Waals surface area contributed by atoms with Crippen molar-refractivity contribution in [1.29, 1.82) is 0 Å². The van der Waals surface area contributed by atoms with Crippen molar-refractivity contribution in [3.8, 4) is 0 Å². The number of nitrogen functional groups attached to an aromatic ring is 1. The quantitative estimate of drug-likeness (QED) is 0.765. The number of hydrogen-bond donors (Lipinski definition) is 3. The minimum Gasteiger partial charge on any atom is -0.393 e. The van der Waals surface area contributed by atoms with Gasteiger partial charge in [0.1, 0.15) is 10.6 Å². The summed E-state index contributed by atoms with van der Waals surface area (Å²) >= 11 is 1.27. The fraction of sp³-hybridized carbons (Fsp3) is 0.692. The first kappa shape index (κ1) is 13.6. The van der Waals surface area contributed by atoms with Gasteiger partial charge >= 0.3 is 0 Å². The number of hydrogen-bond acceptors (Lipinski definition) is 6. The molecule has 1 aliphatic heterocycles. The molecule has 0 bridgehead atoms. The van der Waals surface area contributed by atoms with Gasteiger partial charge in [0, 0.05) is 25.0 Å². The maximum atomic E-state index is 12.3. The molecule has 0 spiro atoms. The van der Waals surface area contributed by atoms with Gasteiger partial charge in [-0.25, -0.2) is 0 Å². The summed E-state index contributed by atoms with van der Waals surface area (Å²) in [5, 5.41) is 13.5. The highest BCUT2D eigenvalue weighted by molar-refractivity contribution is 7.11. The summed E-state index contributed by atoms with van der Waals surface area (Å²) in [6, 6.07) is 0.304. The molecule has 20 heavy (non-hydrogen) atoms. The van der Waals surface area contributed by atoms with Gasteiger partial charge in [0.05, 0.1) is 6.10 Å². The van der Waals surface area contributed by atoms with Crippen LogP contribution in [0.25, 0.3) is 0 Å². The number of aliphatic hydroxyl groups is 1. The van der Waals surface area contributed by atoms with Gasteiger partial charge in [-0.15, -0.1) is 0 Å². The van der Waals surface area contributed by atoms with Crippen molar-refractivity contribution < 1.29 is 9.90 Å². The van der Waals surface area contributed by atoms with Crippen molar-refractivity contribution >= 4 is 28.3 Å². The van der Waals surface area contributed by atoms with Crippen LogP contribution < -0.4 is 16.0 Å². The Morgan fingerprint density at radius 2 is 2.30 bits per heavy atom. The molecule has 0 aromatic carbocycles. The van der Waals surface area contributed by atoms with Crippen LogP contribution in [0.2, 0.25) is 0 Å². The highest BCUT2D eigenvalue weighted by atomic mass is 32.1. The zero-order chi connectivity index (χ0) is 14.3. The Morgan fingerprint density at radius 3 is 2.90 bits per heavy atom. The zero-order valence-electron chi connectivity index (χ0n) is 11.5. The van der Waals surface area contributed by atoms with E-state index < -0.39 is 0 Å². The number of nitrogens with one attached hydrogen (secondary N) is 1. The highest BCUT2D eigenvalue weighted by Gasteiger charge is 2.33. The van der Waals surface area contributed by atoms with Crippen molar-refractivity contribution in [3.63, 3.8) is 0 Å². The van der Waals surface area contributed by atoms with Gasteiger partial charge in [0.15, 0.2) is 5.82 Å². The lowest BCUT2D eigenvalue weighted by Gasteiger charge is -2.18. The molecule has 2 aliphatic rings. The molecule has 7 heteroatoms. The van der Waals surface area contributed by atoms with E-state index in [0.717, 1.165) is 37.4 Å². The van der Waals surface area contributed by atoms with Gasteiger partial charge in [-0.05, 0) is 37.7 Å². The molecule has 2 unspecified atom stereocenters. The molecule has 2 atom stereocenters. The second-order valence-corrected chi connectivity index (χ2v) is 6.48. The van der Waals surface area contributed by atoms with Crippen LogP contribution in [-0.2, 0) is 0 Å². The molecule has 110 valence electrons. The number of carbonyl (C=O) groups is 1. The molecule has 1 amide bonds. The Labute approximate surface area is 122 Å². The van der Waals surface area contributed by atoms with Crippen LogP contribution in [0.1, 0.15) is 36.5 Å². The van der Waals surface area contributed by atoms with Crippen LogP contribution in [-0.4, -0.2) is 40.6 Å². The van der Waals surface area contributed by atoms with Gasteiger partial charge in [-0.1, -0.05) is 0 Å². The second kappa shape index (κ2) is 5.21. The maximum Gasteiger partial charge on any atom is 0.258 e. The van der Waals surface area contributed by atoms with Gasteiger partial charge in [0.2, 0.25) is 0 Å². The molecular formula is C13H20N4O2S. The third kappa shape index (κ3) is 2.60. The summed E-state index contributed by atoms with van der Waals surface area (Å²) in [5.74, 6) is 0.440. The average molecular weight is 296 g/mol. The first-order chi connectivity index (χ1) is 9.56. The fourth-order valence-electron chi connectivity index (χ4n) is 2.57. The SMILES string of the molecule is CC(O)C1CCN(c2snc(N)c2C(=O)NC2CC2)C1. The lowest BCUT2D eigenvalue weighted by molar-refractivity contribution is 0.0952. The van der Waals surface area contributed by atoms with Crippen LogP contribution in [0.15, 0.2) is 0 Å². The molecule has 1 aromatic rings. The summed E-state index contributed by atoms with van der Waals surface area (Å²) < 4.78 is 4.13. The maximum absolute atomic E-state index is 12.3.